The number of imide groups is 1. The van der Waals surface area contributed by atoms with Crippen LogP contribution in [0.15, 0.2) is 47.1 Å². The van der Waals surface area contributed by atoms with Crippen molar-refractivity contribution < 1.29 is 36.7 Å². The molecule has 0 spiro atoms. The van der Waals surface area contributed by atoms with E-state index in [9.17, 15) is 27.6 Å². The zero-order chi connectivity index (χ0) is 22.1. The van der Waals surface area contributed by atoms with Crippen LogP contribution in [0.5, 0.6) is 5.75 Å². The van der Waals surface area contributed by atoms with Gasteiger partial charge in [0.25, 0.3) is 5.91 Å². The van der Waals surface area contributed by atoms with E-state index in [2.05, 4.69) is 15.4 Å². The van der Waals surface area contributed by atoms with E-state index in [4.69, 9.17) is 4.42 Å². The molecule has 2 N–H and O–H groups in total. The molecule has 0 bridgehead atoms. The smallest absolute Gasteiger partial charge is 0.467 e. The van der Waals surface area contributed by atoms with Crippen LogP contribution in [-0.4, -0.2) is 35.7 Å². The van der Waals surface area contributed by atoms with Crippen LogP contribution in [0, 0.1) is 0 Å². The Bertz CT molecular complexity index is 943. The molecule has 0 saturated carbocycles. The Morgan fingerprint density at radius 2 is 1.93 bits per heavy atom. The second-order valence-corrected chi connectivity index (χ2v) is 6.82. The van der Waals surface area contributed by atoms with E-state index >= 15 is 0 Å². The summed E-state index contributed by atoms with van der Waals surface area (Å²) >= 11 is 0. The lowest BCUT2D eigenvalue weighted by Gasteiger charge is -2.22. The van der Waals surface area contributed by atoms with Crippen molar-refractivity contribution in [1.82, 2.24) is 15.5 Å². The Hall–Kier alpha value is -3.50. The summed E-state index contributed by atoms with van der Waals surface area (Å²) in [6, 6.07) is 6.61. The number of hydrogen-bond acceptors (Lipinski definition) is 5. The summed E-state index contributed by atoms with van der Waals surface area (Å²) in [4.78, 5) is 38.1. The number of amides is 4. The third-order valence-corrected chi connectivity index (χ3v) is 4.59. The summed E-state index contributed by atoms with van der Waals surface area (Å²) in [5, 5.41) is 5.09. The number of rotatable bonds is 6. The second-order valence-electron chi connectivity index (χ2n) is 6.82. The Morgan fingerprint density at radius 3 is 2.50 bits per heavy atom. The normalized spacial score (nSPS) is 20.1. The molecule has 30 heavy (non-hydrogen) atoms. The van der Waals surface area contributed by atoms with Gasteiger partial charge in [0.05, 0.1) is 12.3 Å². The number of hydrogen-bond donors (Lipinski definition) is 2. The van der Waals surface area contributed by atoms with Gasteiger partial charge in [0.2, 0.25) is 5.91 Å². The number of ether oxygens (including phenoxy) is 1. The van der Waals surface area contributed by atoms with Gasteiger partial charge in [-0.25, -0.2) is 4.79 Å². The summed E-state index contributed by atoms with van der Waals surface area (Å²) in [7, 11) is 0. The number of halogens is 3. The predicted molar refractivity (Wildman–Crippen MR) is 96.0 cm³/mol. The van der Waals surface area contributed by atoms with Gasteiger partial charge in [0.1, 0.15) is 23.6 Å². The van der Waals surface area contributed by atoms with Crippen molar-refractivity contribution in [2.45, 2.75) is 31.8 Å². The number of urea groups is 1. The summed E-state index contributed by atoms with van der Waals surface area (Å²) in [5.41, 5.74) is -1.30. The third kappa shape index (κ3) is 4.39. The average molecular weight is 425 g/mol. The van der Waals surface area contributed by atoms with Crippen molar-refractivity contribution in [3.8, 4) is 5.75 Å². The molecule has 1 aliphatic heterocycles. The highest BCUT2D eigenvalue weighted by molar-refractivity contribution is 6.09. The molecule has 1 aromatic carbocycles. The number of nitrogens with zero attached hydrogens (tertiary/aromatic N) is 1. The average Bonchev–Trinajstić information content (AvgIpc) is 3.25. The lowest BCUT2D eigenvalue weighted by Crippen LogP contribution is -2.43. The highest BCUT2D eigenvalue weighted by atomic mass is 19.4. The third-order valence-electron chi connectivity index (χ3n) is 4.59. The minimum Gasteiger partial charge on any atom is -0.467 e. The number of alkyl halides is 3. The second kappa shape index (κ2) is 7.73. The van der Waals surface area contributed by atoms with E-state index in [1.807, 2.05) is 0 Å². The number of nitrogens with one attached hydrogen (secondary N) is 2. The first-order chi connectivity index (χ1) is 14.0. The summed E-state index contributed by atoms with van der Waals surface area (Å²) in [5.74, 6) is -1.25. The maximum absolute atomic E-state index is 12.8. The zero-order valence-corrected chi connectivity index (χ0v) is 15.9. The van der Waals surface area contributed by atoms with Gasteiger partial charge in [-0.3, -0.25) is 14.5 Å². The molecule has 8 nitrogen and oxygen atoms in total. The van der Waals surface area contributed by atoms with Gasteiger partial charge < -0.3 is 19.8 Å². The highest BCUT2D eigenvalue weighted by Gasteiger charge is 2.49. The molecule has 1 saturated heterocycles. The van der Waals surface area contributed by atoms with Crippen molar-refractivity contribution >= 4 is 17.8 Å². The van der Waals surface area contributed by atoms with Gasteiger partial charge >= 0.3 is 12.4 Å². The predicted octanol–water partition coefficient (Wildman–Crippen LogP) is 2.82. The van der Waals surface area contributed by atoms with Gasteiger partial charge in [-0.1, -0.05) is 12.1 Å². The Morgan fingerprint density at radius 1 is 1.27 bits per heavy atom. The van der Waals surface area contributed by atoms with Crippen LogP contribution in [0.25, 0.3) is 0 Å². The molecule has 2 aromatic rings. The lowest BCUT2D eigenvalue weighted by atomic mass is 9.92. The molecule has 0 radical (unpaired) electrons. The summed E-state index contributed by atoms with van der Waals surface area (Å²) in [6.07, 6.45) is -3.40. The molecule has 0 aliphatic carbocycles. The Labute approximate surface area is 169 Å². The number of furan rings is 1. The van der Waals surface area contributed by atoms with E-state index in [0.29, 0.717) is 5.76 Å². The highest BCUT2D eigenvalue weighted by Crippen LogP contribution is 2.31. The fourth-order valence-electron chi connectivity index (χ4n) is 3.07. The van der Waals surface area contributed by atoms with Crippen LogP contribution < -0.4 is 15.4 Å². The first kappa shape index (κ1) is 21.2. The first-order valence-electron chi connectivity index (χ1n) is 8.83. The maximum Gasteiger partial charge on any atom is 0.573 e. The van der Waals surface area contributed by atoms with Gasteiger partial charge in [-0.2, -0.15) is 0 Å². The first-order valence-corrected chi connectivity index (χ1v) is 8.83. The molecule has 1 aromatic heterocycles. The largest absolute Gasteiger partial charge is 0.573 e. The van der Waals surface area contributed by atoms with Crippen LogP contribution in [0.1, 0.15) is 31.2 Å². The van der Waals surface area contributed by atoms with Crippen molar-refractivity contribution in [3.63, 3.8) is 0 Å². The molecule has 160 valence electrons. The SMILES string of the molecule is CC(NC(=O)CN1C(=O)NC(C)(c2ccc(OC(F)(F)F)cc2)C1=O)c1ccco1. The quantitative estimate of drug-likeness (QED) is 0.694. The van der Waals surface area contributed by atoms with E-state index in [1.165, 1.54) is 25.3 Å². The molecule has 1 fully saturated rings. The fourth-order valence-corrected chi connectivity index (χ4v) is 3.07. The molecule has 2 heterocycles. The zero-order valence-electron chi connectivity index (χ0n) is 15.9. The molecule has 3 rings (SSSR count). The summed E-state index contributed by atoms with van der Waals surface area (Å²) < 4.78 is 45.9. The van der Waals surface area contributed by atoms with E-state index in [0.717, 1.165) is 17.0 Å². The molecule has 1 aliphatic rings. The van der Waals surface area contributed by atoms with Crippen molar-refractivity contribution in [3.05, 3.63) is 54.0 Å². The van der Waals surface area contributed by atoms with Gasteiger partial charge in [0, 0.05) is 0 Å². The number of carbonyl (C=O) groups excluding carboxylic acids is 3. The van der Waals surface area contributed by atoms with Crippen LogP contribution in [-0.2, 0) is 15.1 Å². The monoisotopic (exact) mass is 425 g/mol. The topological polar surface area (TPSA) is 101 Å². The molecular weight excluding hydrogens is 407 g/mol. The van der Waals surface area contributed by atoms with Crippen LogP contribution in [0.3, 0.4) is 0 Å². The van der Waals surface area contributed by atoms with Crippen molar-refractivity contribution in [2.75, 3.05) is 6.54 Å². The van der Waals surface area contributed by atoms with Crippen LogP contribution in [0.2, 0.25) is 0 Å². The molecule has 2 unspecified atom stereocenters. The molecular formula is C19H18F3N3O5. The van der Waals surface area contributed by atoms with Crippen LogP contribution in [0.4, 0.5) is 18.0 Å². The molecule has 4 amide bonds. The molecule has 2 atom stereocenters. The number of carbonyl (C=O) groups is 3. The Kier molecular flexibility index (Phi) is 5.47. The summed E-state index contributed by atoms with van der Waals surface area (Å²) in [6.45, 7) is 2.55. The molecule has 11 heteroatoms. The Balaban J connectivity index is 1.69. The fraction of sp³-hybridized carbons (Fsp3) is 0.316. The minimum atomic E-state index is -4.85. The lowest BCUT2D eigenvalue weighted by molar-refractivity contribution is -0.274. The van der Waals surface area contributed by atoms with Crippen molar-refractivity contribution in [2.24, 2.45) is 0 Å². The maximum atomic E-state index is 12.8. The van der Waals surface area contributed by atoms with Crippen LogP contribution >= 0.6 is 0 Å². The number of benzene rings is 1. The van der Waals surface area contributed by atoms with Gasteiger partial charge in [0.15, 0.2) is 0 Å². The van der Waals surface area contributed by atoms with Crippen molar-refractivity contribution in [1.29, 1.82) is 0 Å². The van der Waals surface area contributed by atoms with Gasteiger partial charge in [-0.05, 0) is 43.7 Å². The van der Waals surface area contributed by atoms with E-state index < -0.39 is 48.1 Å². The van der Waals surface area contributed by atoms with E-state index in [-0.39, 0.29) is 5.56 Å². The van der Waals surface area contributed by atoms with E-state index in [1.54, 1.807) is 19.1 Å². The standard InChI is InChI=1S/C19H18F3N3O5/c1-11(14-4-3-9-29-14)23-15(26)10-25-16(27)18(2,24-17(25)28)12-5-7-13(8-6-12)30-19(20,21)22/h3-9,11H,10H2,1-2H3,(H,23,26)(H,24,28). The minimum absolute atomic E-state index is 0.238. The van der Waals surface area contributed by atoms with Gasteiger partial charge in [-0.15, -0.1) is 13.2 Å².